The number of hydrogen-bond donors (Lipinski definition) is 1. The minimum atomic E-state index is -0.234. The van der Waals surface area contributed by atoms with Crippen molar-refractivity contribution in [3.8, 4) is 0 Å². The Bertz CT molecular complexity index is 464. The Kier molecular flexibility index (Phi) is 2.90. The number of hydrogen-bond acceptors (Lipinski definition) is 2. The van der Waals surface area contributed by atoms with E-state index in [9.17, 15) is 4.39 Å². The fourth-order valence-electron chi connectivity index (χ4n) is 1.26. The molecule has 15 heavy (non-hydrogen) atoms. The largest absolute Gasteiger partial charge is 0.383 e. The highest BCUT2D eigenvalue weighted by molar-refractivity contribution is 14.1. The van der Waals surface area contributed by atoms with E-state index >= 15 is 0 Å². The van der Waals surface area contributed by atoms with Gasteiger partial charge in [0.1, 0.15) is 11.6 Å². The summed E-state index contributed by atoms with van der Waals surface area (Å²) in [7, 11) is 0. The zero-order valence-corrected chi connectivity index (χ0v) is 9.98. The molecule has 1 heterocycles. The van der Waals surface area contributed by atoms with Gasteiger partial charge < -0.3 is 5.73 Å². The Morgan fingerprint density at radius 1 is 1.33 bits per heavy atom. The van der Waals surface area contributed by atoms with Crippen LogP contribution in [-0.2, 0) is 6.54 Å². The molecule has 3 nitrogen and oxygen atoms in total. The molecular formula is C10H9FIN3. The molecule has 0 atom stereocenters. The lowest BCUT2D eigenvalue weighted by atomic mass is 10.2. The standard InChI is InChI=1S/C10H9FIN3/c11-8-3-1-7(2-4-8)6-15-10(13)9(12)5-14-15/h1-5H,6,13H2. The van der Waals surface area contributed by atoms with E-state index in [0.717, 1.165) is 9.13 Å². The van der Waals surface area contributed by atoms with Gasteiger partial charge in [0.25, 0.3) is 0 Å². The Balaban J connectivity index is 2.22. The van der Waals surface area contributed by atoms with Crippen molar-refractivity contribution < 1.29 is 4.39 Å². The average Bonchev–Trinajstić information content (AvgIpc) is 2.53. The van der Waals surface area contributed by atoms with Gasteiger partial charge in [-0.25, -0.2) is 9.07 Å². The average molecular weight is 317 g/mol. The molecule has 2 N–H and O–H groups in total. The third-order valence-electron chi connectivity index (χ3n) is 2.08. The van der Waals surface area contributed by atoms with Crippen LogP contribution >= 0.6 is 22.6 Å². The number of benzene rings is 1. The second-order valence-corrected chi connectivity index (χ2v) is 4.32. The van der Waals surface area contributed by atoms with E-state index in [1.54, 1.807) is 23.0 Å². The summed E-state index contributed by atoms with van der Waals surface area (Å²) in [4.78, 5) is 0. The van der Waals surface area contributed by atoms with Gasteiger partial charge in [-0.1, -0.05) is 12.1 Å². The normalized spacial score (nSPS) is 10.5. The molecule has 2 aromatic rings. The maximum atomic E-state index is 12.7. The van der Waals surface area contributed by atoms with E-state index in [0.29, 0.717) is 12.4 Å². The molecule has 1 aromatic carbocycles. The summed E-state index contributed by atoms with van der Waals surface area (Å²) in [6.07, 6.45) is 1.71. The van der Waals surface area contributed by atoms with Crippen molar-refractivity contribution in [1.82, 2.24) is 9.78 Å². The summed E-state index contributed by atoms with van der Waals surface area (Å²) >= 11 is 2.12. The van der Waals surface area contributed by atoms with Crippen LogP contribution in [0.5, 0.6) is 0 Å². The molecule has 0 radical (unpaired) electrons. The fourth-order valence-corrected chi connectivity index (χ4v) is 1.66. The number of nitrogen functional groups attached to an aromatic ring is 1. The van der Waals surface area contributed by atoms with Crippen molar-refractivity contribution in [3.05, 3.63) is 45.4 Å². The van der Waals surface area contributed by atoms with E-state index in [1.165, 1.54) is 12.1 Å². The number of nitrogens with zero attached hydrogens (tertiary/aromatic N) is 2. The highest BCUT2D eigenvalue weighted by atomic mass is 127. The van der Waals surface area contributed by atoms with Crippen molar-refractivity contribution in [3.63, 3.8) is 0 Å². The lowest BCUT2D eigenvalue weighted by molar-refractivity contribution is 0.625. The third-order valence-corrected chi connectivity index (χ3v) is 2.91. The number of rotatable bonds is 2. The molecule has 78 valence electrons. The molecule has 0 aliphatic heterocycles. The highest BCUT2D eigenvalue weighted by Crippen LogP contribution is 2.15. The van der Waals surface area contributed by atoms with Crippen LogP contribution in [0, 0.1) is 9.39 Å². The van der Waals surface area contributed by atoms with Gasteiger partial charge in [-0.15, -0.1) is 0 Å². The molecule has 1 aromatic heterocycles. The molecule has 0 saturated carbocycles. The van der Waals surface area contributed by atoms with Gasteiger partial charge in [-0.2, -0.15) is 5.10 Å². The summed E-state index contributed by atoms with van der Waals surface area (Å²) in [5, 5.41) is 4.12. The van der Waals surface area contributed by atoms with Crippen LogP contribution in [0.25, 0.3) is 0 Å². The summed E-state index contributed by atoms with van der Waals surface area (Å²) < 4.78 is 15.3. The molecule has 5 heteroatoms. The number of nitrogens with two attached hydrogens (primary N) is 1. The smallest absolute Gasteiger partial charge is 0.135 e. The summed E-state index contributed by atoms with van der Waals surface area (Å²) in [5.74, 6) is 0.404. The number of halogens is 2. The molecule has 0 aliphatic carbocycles. The van der Waals surface area contributed by atoms with Gasteiger partial charge in [-0.3, -0.25) is 0 Å². The maximum absolute atomic E-state index is 12.7. The number of aromatic nitrogens is 2. The molecule has 0 fully saturated rings. The summed E-state index contributed by atoms with van der Waals surface area (Å²) in [6, 6.07) is 6.31. The molecule has 0 amide bonds. The Morgan fingerprint density at radius 3 is 2.53 bits per heavy atom. The van der Waals surface area contributed by atoms with Crippen molar-refractivity contribution in [2.24, 2.45) is 0 Å². The summed E-state index contributed by atoms with van der Waals surface area (Å²) in [5.41, 5.74) is 6.77. The van der Waals surface area contributed by atoms with Crippen LogP contribution in [-0.4, -0.2) is 9.78 Å². The number of anilines is 1. The van der Waals surface area contributed by atoms with Crippen molar-refractivity contribution in [2.45, 2.75) is 6.54 Å². The predicted molar refractivity (Wildman–Crippen MR) is 64.9 cm³/mol. The van der Waals surface area contributed by atoms with Crippen LogP contribution in [0.15, 0.2) is 30.5 Å². The van der Waals surface area contributed by atoms with Crippen LogP contribution in [0.3, 0.4) is 0 Å². The zero-order valence-electron chi connectivity index (χ0n) is 7.82. The van der Waals surface area contributed by atoms with Crippen molar-refractivity contribution in [1.29, 1.82) is 0 Å². The van der Waals surface area contributed by atoms with Gasteiger partial charge in [0, 0.05) is 0 Å². The first kappa shape index (κ1) is 10.4. The topological polar surface area (TPSA) is 43.8 Å². The van der Waals surface area contributed by atoms with Gasteiger partial charge in [0.15, 0.2) is 0 Å². The third kappa shape index (κ3) is 2.28. The van der Waals surface area contributed by atoms with Crippen LogP contribution < -0.4 is 5.73 Å². The van der Waals surface area contributed by atoms with E-state index in [1.807, 2.05) is 0 Å². The first-order chi connectivity index (χ1) is 7.16. The van der Waals surface area contributed by atoms with E-state index < -0.39 is 0 Å². The van der Waals surface area contributed by atoms with Gasteiger partial charge in [0.05, 0.1) is 16.3 Å². The molecule has 0 unspecified atom stereocenters. The van der Waals surface area contributed by atoms with E-state index in [4.69, 9.17) is 5.73 Å². The van der Waals surface area contributed by atoms with Gasteiger partial charge in [0.2, 0.25) is 0 Å². The van der Waals surface area contributed by atoms with Crippen LogP contribution in [0.4, 0.5) is 10.2 Å². The Hall–Kier alpha value is -1.11. The maximum Gasteiger partial charge on any atom is 0.135 e. The monoisotopic (exact) mass is 317 g/mol. The molecule has 0 saturated heterocycles. The van der Waals surface area contributed by atoms with E-state index in [2.05, 4.69) is 27.7 Å². The zero-order chi connectivity index (χ0) is 10.8. The Morgan fingerprint density at radius 2 is 2.00 bits per heavy atom. The first-order valence-corrected chi connectivity index (χ1v) is 5.46. The van der Waals surface area contributed by atoms with Gasteiger partial charge in [-0.05, 0) is 40.3 Å². The minimum Gasteiger partial charge on any atom is -0.383 e. The van der Waals surface area contributed by atoms with Gasteiger partial charge >= 0.3 is 0 Å². The van der Waals surface area contributed by atoms with Crippen molar-refractivity contribution >= 4 is 28.4 Å². The second kappa shape index (κ2) is 4.18. The summed E-state index contributed by atoms with van der Waals surface area (Å²) in [6.45, 7) is 0.565. The lowest BCUT2D eigenvalue weighted by Gasteiger charge is -2.04. The highest BCUT2D eigenvalue weighted by Gasteiger charge is 2.04. The molecular weight excluding hydrogens is 308 g/mol. The van der Waals surface area contributed by atoms with E-state index in [-0.39, 0.29) is 5.82 Å². The quantitative estimate of drug-likeness (QED) is 0.864. The minimum absolute atomic E-state index is 0.234. The van der Waals surface area contributed by atoms with Crippen LogP contribution in [0.2, 0.25) is 0 Å². The molecule has 2 rings (SSSR count). The fraction of sp³-hybridized carbons (Fsp3) is 0.100. The first-order valence-electron chi connectivity index (χ1n) is 4.38. The van der Waals surface area contributed by atoms with Crippen molar-refractivity contribution in [2.75, 3.05) is 5.73 Å². The second-order valence-electron chi connectivity index (χ2n) is 3.16. The lowest BCUT2D eigenvalue weighted by Crippen LogP contribution is -2.06. The predicted octanol–water partition coefficient (Wildman–Crippen LogP) is 2.26. The SMILES string of the molecule is Nc1c(I)cnn1Cc1ccc(F)cc1. The molecule has 0 aliphatic rings. The molecule has 0 spiro atoms. The van der Waals surface area contributed by atoms with Crippen LogP contribution in [0.1, 0.15) is 5.56 Å². The molecule has 0 bridgehead atoms. The Labute approximate surface area is 100 Å².